The Morgan fingerprint density at radius 2 is 2.04 bits per heavy atom. The van der Waals surface area contributed by atoms with Crippen LogP contribution in [0.1, 0.15) is 24.1 Å². The molecule has 1 fully saturated rings. The molecule has 2 aliphatic rings. The highest BCUT2D eigenvalue weighted by Gasteiger charge is 2.47. The first-order valence-electron chi connectivity index (χ1n) is 8.00. The number of carbonyl (C=O) groups is 2. The summed E-state index contributed by atoms with van der Waals surface area (Å²) in [5.74, 6) is -0.600. The summed E-state index contributed by atoms with van der Waals surface area (Å²) in [5.41, 5.74) is 2.88. The number of benzene rings is 1. The van der Waals surface area contributed by atoms with Gasteiger partial charge in [0.2, 0.25) is 11.8 Å². The largest absolute Gasteiger partial charge is 0.365 e. The molecule has 23 heavy (non-hydrogen) atoms. The molecule has 0 spiro atoms. The van der Waals surface area contributed by atoms with Gasteiger partial charge in [-0.15, -0.1) is 0 Å². The maximum atomic E-state index is 12.6. The van der Waals surface area contributed by atoms with Crippen molar-refractivity contribution in [1.82, 2.24) is 4.98 Å². The number of rotatable bonds is 3. The molecule has 2 heterocycles. The summed E-state index contributed by atoms with van der Waals surface area (Å²) >= 11 is 0. The monoisotopic (exact) mass is 306 g/mol. The number of allylic oxidation sites excluding steroid dienone is 1. The SMILES string of the molecule is O=C1C2C=CCCC2C(=O)N1c1cccc(Cc2ccc[nH]2)c1. The molecule has 1 aromatic carbocycles. The lowest BCUT2D eigenvalue weighted by Gasteiger charge is -2.16. The summed E-state index contributed by atoms with van der Waals surface area (Å²) in [6.45, 7) is 0. The maximum absolute atomic E-state index is 12.6. The van der Waals surface area contributed by atoms with Crippen LogP contribution in [0, 0.1) is 11.8 Å². The van der Waals surface area contributed by atoms with E-state index in [4.69, 9.17) is 0 Å². The molecule has 4 heteroatoms. The molecule has 2 aromatic rings. The van der Waals surface area contributed by atoms with E-state index in [0.29, 0.717) is 5.69 Å². The maximum Gasteiger partial charge on any atom is 0.241 e. The molecule has 2 unspecified atom stereocenters. The zero-order valence-corrected chi connectivity index (χ0v) is 12.7. The topological polar surface area (TPSA) is 53.2 Å². The van der Waals surface area contributed by atoms with Crippen molar-refractivity contribution in [2.24, 2.45) is 11.8 Å². The summed E-state index contributed by atoms with van der Waals surface area (Å²) in [6, 6.07) is 11.7. The lowest BCUT2D eigenvalue weighted by atomic mass is 9.86. The summed E-state index contributed by atoms with van der Waals surface area (Å²) < 4.78 is 0. The molecule has 0 saturated carbocycles. The van der Waals surface area contributed by atoms with Crippen LogP contribution in [0.25, 0.3) is 0 Å². The Bertz CT molecular complexity index is 776. The third kappa shape index (κ3) is 2.40. The van der Waals surface area contributed by atoms with Crippen molar-refractivity contribution in [3.63, 3.8) is 0 Å². The predicted octanol–water partition coefficient (Wildman–Crippen LogP) is 3.06. The molecule has 2 amide bonds. The quantitative estimate of drug-likeness (QED) is 0.700. The Hall–Kier alpha value is -2.62. The Balaban J connectivity index is 1.64. The molecule has 0 bridgehead atoms. The van der Waals surface area contributed by atoms with Gasteiger partial charge in [-0.3, -0.25) is 9.59 Å². The molecule has 1 N–H and O–H groups in total. The van der Waals surface area contributed by atoms with Crippen molar-refractivity contribution in [2.75, 3.05) is 4.90 Å². The lowest BCUT2D eigenvalue weighted by Crippen LogP contribution is -2.30. The highest BCUT2D eigenvalue weighted by molar-refractivity contribution is 6.22. The fourth-order valence-electron chi connectivity index (χ4n) is 3.54. The first kappa shape index (κ1) is 14.0. The molecule has 0 radical (unpaired) electrons. The number of anilines is 1. The summed E-state index contributed by atoms with van der Waals surface area (Å²) in [4.78, 5) is 29.8. The van der Waals surface area contributed by atoms with Crippen LogP contribution in [0.4, 0.5) is 5.69 Å². The van der Waals surface area contributed by atoms with Crippen molar-refractivity contribution >= 4 is 17.5 Å². The molecule has 1 saturated heterocycles. The van der Waals surface area contributed by atoms with E-state index in [9.17, 15) is 9.59 Å². The molecule has 1 aromatic heterocycles. The van der Waals surface area contributed by atoms with Crippen molar-refractivity contribution in [3.05, 3.63) is 66.0 Å². The average molecular weight is 306 g/mol. The highest BCUT2D eigenvalue weighted by Crippen LogP contribution is 2.37. The van der Waals surface area contributed by atoms with Crippen LogP contribution < -0.4 is 4.90 Å². The second kappa shape index (κ2) is 5.54. The van der Waals surface area contributed by atoms with Crippen LogP contribution in [0.3, 0.4) is 0 Å². The first-order chi connectivity index (χ1) is 11.2. The minimum absolute atomic E-state index is 0.0543. The Morgan fingerprint density at radius 3 is 2.83 bits per heavy atom. The van der Waals surface area contributed by atoms with E-state index in [1.54, 1.807) is 0 Å². The van der Waals surface area contributed by atoms with Gasteiger partial charge in [-0.05, 0) is 42.7 Å². The normalized spacial score (nSPS) is 23.4. The fourth-order valence-corrected chi connectivity index (χ4v) is 3.54. The molecule has 4 nitrogen and oxygen atoms in total. The average Bonchev–Trinajstić information content (AvgIpc) is 3.16. The number of nitrogens with one attached hydrogen (secondary N) is 1. The van der Waals surface area contributed by atoms with Gasteiger partial charge >= 0.3 is 0 Å². The number of aromatic amines is 1. The Kier molecular flexibility index (Phi) is 3.37. The zero-order valence-electron chi connectivity index (χ0n) is 12.7. The van der Waals surface area contributed by atoms with Crippen LogP contribution in [0.2, 0.25) is 0 Å². The summed E-state index contributed by atoms with van der Waals surface area (Å²) in [7, 11) is 0. The minimum atomic E-state index is -0.275. The molecule has 116 valence electrons. The van der Waals surface area contributed by atoms with Gasteiger partial charge in [0.05, 0.1) is 17.5 Å². The number of imide groups is 1. The lowest BCUT2D eigenvalue weighted by molar-refractivity contribution is -0.122. The van der Waals surface area contributed by atoms with Gasteiger partial charge in [-0.25, -0.2) is 4.90 Å². The van der Waals surface area contributed by atoms with Gasteiger partial charge in [0, 0.05) is 18.3 Å². The van der Waals surface area contributed by atoms with Gasteiger partial charge in [0.25, 0.3) is 0 Å². The van der Waals surface area contributed by atoms with Crippen molar-refractivity contribution in [3.8, 4) is 0 Å². The molecule has 2 atom stereocenters. The molecular formula is C19H18N2O2. The zero-order chi connectivity index (χ0) is 15.8. The van der Waals surface area contributed by atoms with Gasteiger partial charge < -0.3 is 4.98 Å². The predicted molar refractivity (Wildman–Crippen MR) is 87.9 cm³/mol. The third-order valence-electron chi connectivity index (χ3n) is 4.69. The van der Waals surface area contributed by atoms with Crippen molar-refractivity contribution < 1.29 is 9.59 Å². The molecule has 1 aliphatic heterocycles. The molecular weight excluding hydrogens is 288 g/mol. The Morgan fingerprint density at radius 1 is 1.13 bits per heavy atom. The van der Waals surface area contributed by atoms with E-state index in [0.717, 1.165) is 30.5 Å². The van der Waals surface area contributed by atoms with E-state index in [1.165, 1.54) is 4.90 Å². The van der Waals surface area contributed by atoms with Gasteiger partial charge in [0.15, 0.2) is 0 Å². The number of carbonyl (C=O) groups excluding carboxylic acids is 2. The number of fused-ring (bicyclic) bond motifs is 1. The second-order valence-electron chi connectivity index (χ2n) is 6.19. The van der Waals surface area contributed by atoms with Crippen LogP contribution in [0.15, 0.2) is 54.7 Å². The number of amides is 2. The number of hydrogen-bond acceptors (Lipinski definition) is 2. The van der Waals surface area contributed by atoms with Crippen molar-refractivity contribution in [2.45, 2.75) is 19.3 Å². The van der Waals surface area contributed by atoms with E-state index >= 15 is 0 Å². The molecule has 1 aliphatic carbocycles. The Labute approximate surface area is 134 Å². The van der Waals surface area contributed by atoms with Crippen LogP contribution in [-0.4, -0.2) is 16.8 Å². The van der Waals surface area contributed by atoms with Crippen LogP contribution >= 0.6 is 0 Å². The smallest absolute Gasteiger partial charge is 0.241 e. The number of hydrogen-bond donors (Lipinski definition) is 1. The molecule has 4 rings (SSSR count). The van der Waals surface area contributed by atoms with Gasteiger partial charge in [-0.1, -0.05) is 24.3 Å². The summed E-state index contributed by atoms with van der Waals surface area (Å²) in [6.07, 6.45) is 8.20. The fraction of sp³-hybridized carbons (Fsp3) is 0.263. The van der Waals surface area contributed by atoms with Gasteiger partial charge in [0.1, 0.15) is 0 Å². The number of H-pyrrole nitrogens is 1. The second-order valence-corrected chi connectivity index (χ2v) is 6.19. The van der Waals surface area contributed by atoms with Crippen LogP contribution in [0.5, 0.6) is 0 Å². The third-order valence-corrected chi connectivity index (χ3v) is 4.69. The van der Waals surface area contributed by atoms with Crippen LogP contribution in [-0.2, 0) is 16.0 Å². The first-order valence-corrected chi connectivity index (χ1v) is 8.00. The number of aromatic nitrogens is 1. The van der Waals surface area contributed by atoms with Gasteiger partial charge in [-0.2, -0.15) is 0 Å². The van der Waals surface area contributed by atoms with E-state index < -0.39 is 0 Å². The van der Waals surface area contributed by atoms with E-state index in [-0.39, 0.29) is 23.7 Å². The van der Waals surface area contributed by atoms with E-state index in [1.807, 2.05) is 54.7 Å². The summed E-state index contributed by atoms with van der Waals surface area (Å²) in [5, 5.41) is 0. The van der Waals surface area contributed by atoms with E-state index in [2.05, 4.69) is 4.98 Å². The highest BCUT2D eigenvalue weighted by atomic mass is 16.2. The number of nitrogens with zero attached hydrogens (tertiary/aromatic N) is 1. The standard InChI is InChI=1S/C19H18N2O2/c22-18-16-8-1-2-9-17(16)19(23)21(18)15-7-3-5-13(12-15)11-14-6-4-10-20-14/h1,3-8,10,12,16-17,20H,2,9,11H2. The minimum Gasteiger partial charge on any atom is -0.365 e. The van der Waals surface area contributed by atoms with Crippen molar-refractivity contribution in [1.29, 1.82) is 0 Å².